The standard InChI is InChI=1S/C35H25Br2NO6/c36-19-6-8-20(9-7-19)38-34(42)24-13-12-22-25(31(24)35(38)43)15-26-32(29(40)16-27(37)33(26)41)30(22)23-11-10-21(14-28(23)39)44-17-18-4-2-1-3-5-18/h1-12,14,16,24-25,30-31,39H,13,15,17H2. The molecule has 3 aliphatic carbocycles. The van der Waals surface area contributed by atoms with E-state index in [1.807, 2.05) is 36.4 Å². The highest BCUT2D eigenvalue weighted by molar-refractivity contribution is 9.12. The number of allylic oxidation sites excluding steroid dienone is 6. The number of halogens is 2. The van der Waals surface area contributed by atoms with E-state index in [0.717, 1.165) is 15.6 Å². The predicted molar refractivity (Wildman–Crippen MR) is 170 cm³/mol. The van der Waals surface area contributed by atoms with E-state index in [0.29, 0.717) is 41.2 Å². The van der Waals surface area contributed by atoms with Crippen LogP contribution in [0.15, 0.2) is 111 Å². The number of fused-ring (bicyclic) bond motifs is 3. The van der Waals surface area contributed by atoms with E-state index in [1.165, 1.54) is 17.0 Å². The molecule has 1 saturated heterocycles. The maximum absolute atomic E-state index is 14.0. The molecule has 3 aromatic rings. The number of amides is 2. The molecule has 7 rings (SSSR count). The van der Waals surface area contributed by atoms with Gasteiger partial charge in [0.05, 0.1) is 22.0 Å². The van der Waals surface area contributed by atoms with Crippen molar-refractivity contribution >= 4 is 60.9 Å². The first kappa shape index (κ1) is 28.7. The summed E-state index contributed by atoms with van der Waals surface area (Å²) in [6, 6.07) is 21.6. The van der Waals surface area contributed by atoms with Crippen molar-refractivity contribution in [3.63, 3.8) is 0 Å². The lowest BCUT2D eigenvalue weighted by Crippen LogP contribution is -2.39. The van der Waals surface area contributed by atoms with Gasteiger partial charge in [0.1, 0.15) is 18.1 Å². The molecule has 2 amide bonds. The number of benzene rings is 3. The van der Waals surface area contributed by atoms with Gasteiger partial charge in [-0.1, -0.05) is 64.0 Å². The van der Waals surface area contributed by atoms with E-state index in [9.17, 15) is 24.3 Å². The number of anilines is 1. The number of aromatic hydroxyl groups is 1. The Labute approximate surface area is 270 Å². The Morgan fingerprint density at radius 1 is 0.886 bits per heavy atom. The van der Waals surface area contributed by atoms with Gasteiger partial charge >= 0.3 is 0 Å². The summed E-state index contributed by atoms with van der Waals surface area (Å²) in [5.41, 5.74) is 3.28. The lowest BCUT2D eigenvalue weighted by atomic mass is 9.59. The van der Waals surface area contributed by atoms with Crippen molar-refractivity contribution in [2.75, 3.05) is 4.90 Å². The quantitative estimate of drug-likeness (QED) is 0.179. The molecule has 4 atom stereocenters. The summed E-state index contributed by atoms with van der Waals surface area (Å²) < 4.78 is 6.89. The van der Waals surface area contributed by atoms with E-state index in [4.69, 9.17) is 4.74 Å². The minimum atomic E-state index is -0.759. The number of ether oxygens (including phenoxy) is 1. The van der Waals surface area contributed by atoms with Gasteiger partial charge in [0.25, 0.3) is 0 Å². The average Bonchev–Trinajstić information content (AvgIpc) is 3.28. The summed E-state index contributed by atoms with van der Waals surface area (Å²) in [7, 11) is 0. The molecule has 44 heavy (non-hydrogen) atoms. The van der Waals surface area contributed by atoms with Crippen LogP contribution in [0.2, 0.25) is 0 Å². The van der Waals surface area contributed by atoms with Crippen LogP contribution in [-0.4, -0.2) is 28.5 Å². The Bertz CT molecular complexity index is 1840. The van der Waals surface area contributed by atoms with Crippen molar-refractivity contribution < 1.29 is 29.0 Å². The van der Waals surface area contributed by atoms with Gasteiger partial charge in [0, 0.05) is 39.2 Å². The average molecular weight is 715 g/mol. The molecule has 0 spiro atoms. The summed E-state index contributed by atoms with van der Waals surface area (Å²) in [6.07, 6.45) is 3.67. The molecular weight excluding hydrogens is 690 g/mol. The maximum atomic E-state index is 14.0. The van der Waals surface area contributed by atoms with E-state index in [2.05, 4.69) is 31.9 Å². The smallest absolute Gasteiger partial charge is 0.238 e. The van der Waals surface area contributed by atoms with Crippen molar-refractivity contribution in [1.29, 1.82) is 0 Å². The number of phenolic OH excluding ortho intramolecular Hbond substituents is 1. The summed E-state index contributed by atoms with van der Waals surface area (Å²) in [5, 5.41) is 11.3. The number of nitrogens with zero attached hydrogens (tertiary/aromatic N) is 1. The fourth-order valence-electron chi connectivity index (χ4n) is 7.00. The third-order valence-electron chi connectivity index (χ3n) is 8.98. The second-order valence-corrected chi connectivity index (χ2v) is 13.1. The van der Waals surface area contributed by atoms with Crippen LogP contribution in [0.3, 0.4) is 0 Å². The number of carbonyl (C=O) groups is 4. The van der Waals surface area contributed by atoms with Gasteiger partial charge in [-0.05, 0) is 70.6 Å². The second kappa shape index (κ2) is 11.1. The van der Waals surface area contributed by atoms with E-state index in [1.54, 1.807) is 36.4 Å². The maximum Gasteiger partial charge on any atom is 0.238 e. The summed E-state index contributed by atoms with van der Waals surface area (Å²) in [4.78, 5) is 55.9. The van der Waals surface area contributed by atoms with E-state index in [-0.39, 0.29) is 40.0 Å². The summed E-state index contributed by atoms with van der Waals surface area (Å²) >= 11 is 6.65. The fraction of sp³-hybridized carbons (Fsp3) is 0.200. The first-order valence-corrected chi connectivity index (χ1v) is 15.8. The number of phenols is 1. The molecule has 1 N–H and O–H groups in total. The summed E-state index contributed by atoms with van der Waals surface area (Å²) in [5.74, 6) is -3.43. The second-order valence-electron chi connectivity index (χ2n) is 11.4. The monoisotopic (exact) mass is 713 g/mol. The van der Waals surface area contributed by atoms with Crippen LogP contribution >= 0.6 is 31.9 Å². The van der Waals surface area contributed by atoms with Crippen LogP contribution in [0, 0.1) is 17.8 Å². The van der Waals surface area contributed by atoms with Gasteiger partial charge < -0.3 is 9.84 Å². The van der Waals surface area contributed by atoms with E-state index < -0.39 is 23.7 Å². The van der Waals surface area contributed by atoms with Crippen LogP contribution in [0.1, 0.15) is 29.9 Å². The van der Waals surface area contributed by atoms with Crippen molar-refractivity contribution in [3.05, 3.63) is 122 Å². The number of hydrogen-bond acceptors (Lipinski definition) is 6. The zero-order valence-electron chi connectivity index (χ0n) is 23.2. The third-order valence-corrected chi connectivity index (χ3v) is 10.1. The number of rotatable bonds is 5. The van der Waals surface area contributed by atoms with Crippen molar-refractivity contribution in [2.24, 2.45) is 17.8 Å². The molecule has 0 bridgehead atoms. The topological polar surface area (TPSA) is 101 Å². The number of carbonyl (C=O) groups excluding carboxylic acids is 4. The van der Waals surface area contributed by atoms with Gasteiger partial charge in [-0.15, -0.1) is 0 Å². The molecule has 0 saturated carbocycles. The van der Waals surface area contributed by atoms with Crippen LogP contribution in [-0.2, 0) is 25.8 Å². The van der Waals surface area contributed by atoms with Gasteiger partial charge in [-0.3, -0.25) is 24.1 Å². The number of imide groups is 1. The molecular formula is C35H25Br2NO6. The number of Topliss-reactive ketones (excluding diaryl/α,β-unsaturated/α-hetero) is 1. The van der Waals surface area contributed by atoms with Crippen LogP contribution in [0.5, 0.6) is 11.5 Å². The predicted octanol–water partition coefficient (Wildman–Crippen LogP) is 6.70. The Hall–Kier alpha value is -4.08. The Balaban J connectivity index is 1.28. The van der Waals surface area contributed by atoms with Crippen LogP contribution < -0.4 is 9.64 Å². The normalized spacial score (nSPS) is 24.5. The third kappa shape index (κ3) is 4.70. The Morgan fingerprint density at radius 2 is 1.64 bits per heavy atom. The molecule has 220 valence electrons. The Kier molecular flexibility index (Phi) is 7.25. The van der Waals surface area contributed by atoms with Crippen LogP contribution in [0.25, 0.3) is 0 Å². The molecule has 3 aromatic carbocycles. The number of hydrogen-bond donors (Lipinski definition) is 1. The molecule has 1 heterocycles. The zero-order valence-corrected chi connectivity index (χ0v) is 26.4. The SMILES string of the molecule is O=C1C=C(Br)C(=O)C2=C1C(c1ccc(OCc3ccccc3)cc1O)C1=CCC3C(=O)N(c4ccc(Br)cc4)C(=O)C3C1C2. The van der Waals surface area contributed by atoms with Gasteiger partial charge in [-0.2, -0.15) is 0 Å². The van der Waals surface area contributed by atoms with E-state index >= 15 is 0 Å². The largest absolute Gasteiger partial charge is 0.507 e. The highest BCUT2D eigenvalue weighted by Gasteiger charge is 2.56. The minimum Gasteiger partial charge on any atom is -0.507 e. The molecule has 4 unspecified atom stereocenters. The summed E-state index contributed by atoms with van der Waals surface area (Å²) in [6.45, 7) is 0.311. The van der Waals surface area contributed by atoms with Crippen molar-refractivity contribution in [3.8, 4) is 11.5 Å². The molecule has 9 heteroatoms. The van der Waals surface area contributed by atoms with Gasteiger partial charge in [0.2, 0.25) is 11.8 Å². The molecule has 1 aliphatic heterocycles. The molecule has 0 radical (unpaired) electrons. The Morgan fingerprint density at radius 3 is 2.36 bits per heavy atom. The molecule has 7 nitrogen and oxygen atoms in total. The lowest BCUT2D eigenvalue weighted by Gasteiger charge is -2.42. The molecule has 4 aliphatic rings. The lowest BCUT2D eigenvalue weighted by molar-refractivity contribution is -0.123. The molecule has 1 fully saturated rings. The van der Waals surface area contributed by atoms with Gasteiger partial charge in [0.15, 0.2) is 11.6 Å². The first-order chi connectivity index (χ1) is 21.2. The minimum absolute atomic E-state index is 0.0877. The van der Waals surface area contributed by atoms with Gasteiger partial charge in [-0.25, -0.2) is 0 Å². The fourth-order valence-corrected chi connectivity index (χ4v) is 7.72. The van der Waals surface area contributed by atoms with Crippen LogP contribution in [0.4, 0.5) is 5.69 Å². The first-order valence-electron chi connectivity index (χ1n) is 14.2. The van der Waals surface area contributed by atoms with Crippen molar-refractivity contribution in [1.82, 2.24) is 0 Å². The van der Waals surface area contributed by atoms with Crippen molar-refractivity contribution in [2.45, 2.75) is 25.4 Å². The zero-order chi connectivity index (χ0) is 30.7. The molecule has 0 aromatic heterocycles. The highest BCUT2D eigenvalue weighted by Crippen LogP contribution is 2.56. The number of ketones is 2. The highest BCUT2D eigenvalue weighted by atomic mass is 79.9.